The first-order chi connectivity index (χ1) is 13.1. The number of hydrogen-bond acceptors (Lipinski definition) is 3. The van der Waals surface area contributed by atoms with Crippen LogP contribution in [0.3, 0.4) is 0 Å². The van der Waals surface area contributed by atoms with Gasteiger partial charge in [-0.2, -0.15) is 0 Å². The van der Waals surface area contributed by atoms with Crippen LogP contribution < -0.4 is 4.74 Å². The molecule has 0 atom stereocenters. The molecule has 0 amide bonds. The van der Waals surface area contributed by atoms with Crippen LogP contribution in [0.5, 0.6) is 5.75 Å². The van der Waals surface area contributed by atoms with E-state index >= 15 is 0 Å². The van der Waals surface area contributed by atoms with Crippen LogP contribution in [-0.2, 0) is 6.61 Å². The summed E-state index contributed by atoms with van der Waals surface area (Å²) >= 11 is 0. The van der Waals surface area contributed by atoms with E-state index < -0.39 is 0 Å². The van der Waals surface area contributed by atoms with E-state index in [-0.39, 0.29) is 5.78 Å². The molecule has 1 heterocycles. The van der Waals surface area contributed by atoms with E-state index in [1.165, 1.54) is 0 Å². The lowest BCUT2D eigenvalue weighted by Gasteiger charge is -2.06. The average molecular weight is 356 g/mol. The predicted octanol–water partition coefficient (Wildman–Crippen LogP) is 5.86. The molecule has 1 aromatic heterocycles. The highest BCUT2D eigenvalue weighted by atomic mass is 16.5. The summed E-state index contributed by atoms with van der Waals surface area (Å²) in [4.78, 5) is 12.8. The van der Waals surface area contributed by atoms with Crippen LogP contribution in [-0.4, -0.2) is 5.78 Å². The number of furan rings is 1. The minimum Gasteiger partial charge on any atom is -0.489 e. The Morgan fingerprint density at radius 1 is 0.926 bits per heavy atom. The third-order valence-corrected chi connectivity index (χ3v) is 4.68. The Kier molecular flexibility index (Phi) is 4.51. The number of ketones is 1. The van der Waals surface area contributed by atoms with Crippen LogP contribution in [0.25, 0.3) is 11.0 Å². The third kappa shape index (κ3) is 3.49. The predicted molar refractivity (Wildman–Crippen MR) is 106 cm³/mol. The molecule has 0 radical (unpaired) electrons. The van der Waals surface area contributed by atoms with Crippen molar-refractivity contribution in [3.63, 3.8) is 0 Å². The number of carbonyl (C=O) groups is 1. The minimum absolute atomic E-state index is 0.101. The number of fused-ring (bicyclic) bond motifs is 1. The normalized spacial score (nSPS) is 10.9. The van der Waals surface area contributed by atoms with E-state index in [4.69, 9.17) is 9.15 Å². The summed E-state index contributed by atoms with van der Waals surface area (Å²) in [6.07, 6.45) is 0. The fraction of sp³-hybridized carbons (Fsp3) is 0.125. The van der Waals surface area contributed by atoms with Crippen molar-refractivity contribution in [1.82, 2.24) is 0 Å². The van der Waals surface area contributed by atoms with Crippen molar-refractivity contribution in [3.05, 3.63) is 101 Å². The first-order valence-corrected chi connectivity index (χ1v) is 8.93. The largest absolute Gasteiger partial charge is 0.489 e. The van der Waals surface area contributed by atoms with Crippen molar-refractivity contribution >= 4 is 16.8 Å². The summed E-state index contributed by atoms with van der Waals surface area (Å²) in [5.41, 5.74) is 4.38. The third-order valence-electron chi connectivity index (χ3n) is 4.68. The zero-order valence-corrected chi connectivity index (χ0v) is 15.4. The van der Waals surface area contributed by atoms with E-state index in [1.54, 1.807) is 0 Å². The number of benzene rings is 3. The summed E-state index contributed by atoms with van der Waals surface area (Å²) in [5, 5.41) is 0.899. The van der Waals surface area contributed by atoms with E-state index in [0.29, 0.717) is 23.5 Å². The van der Waals surface area contributed by atoms with Crippen molar-refractivity contribution in [2.24, 2.45) is 0 Å². The summed E-state index contributed by atoms with van der Waals surface area (Å²) in [5.74, 6) is 1.04. The maximum absolute atomic E-state index is 12.8. The van der Waals surface area contributed by atoms with Crippen molar-refractivity contribution in [2.45, 2.75) is 20.5 Å². The highest BCUT2D eigenvalue weighted by molar-refractivity contribution is 6.10. The first-order valence-electron chi connectivity index (χ1n) is 8.93. The summed E-state index contributed by atoms with van der Waals surface area (Å²) in [6, 6.07) is 23.2. The zero-order valence-electron chi connectivity index (χ0n) is 15.4. The van der Waals surface area contributed by atoms with Gasteiger partial charge in [0.05, 0.1) is 0 Å². The second-order valence-corrected chi connectivity index (χ2v) is 6.68. The van der Waals surface area contributed by atoms with Gasteiger partial charge in [0, 0.05) is 16.5 Å². The zero-order chi connectivity index (χ0) is 18.8. The Bertz CT molecular complexity index is 1090. The number of carbonyl (C=O) groups excluding carboxylic acids is 1. The molecule has 3 aromatic carbocycles. The van der Waals surface area contributed by atoms with Crippen molar-refractivity contribution < 1.29 is 13.9 Å². The molecule has 0 aliphatic rings. The second kappa shape index (κ2) is 7.12. The quantitative estimate of drug-likeness (QED) is 0.420. The van der Waals surface area contributed by atoms with Gasteiger partial charge in [-0.3, -0.25) is 4.79 Å². The molecular formula is C24H20O3. The topological polar surface area (TPSA) is 39.4 Å². The highest BCUT2D eigenvalue weighted by Crippen LogP contribution is 2.30. The fourth-order valence-corrected chi connectivity index (χ4v) is 3.08. The Hall–Kier alpha value is -3.33. The van der Waals surface area contributed by atoms with Gasteiger partial charge in [0.15, 0.2) is 5.76 Å². The average Bonchev–Trinajstić information content (AvgIpc) is 3.03. The number of ether oxygens (including phenoxy) is 1. The van der Waals surface area contributed by atoms with Gasteiger partial charge in [-0.15, -0.1) is 0 Å². The smallest absolute Gasteiger partial charge is 0.228 e. The number of rotatable bonds is 5. The second-order valence-electron chi connectivity index (χ2n) is 6.68. The molecule has 4 rings (SSSR count). The van der Waals surface area contributed by atoms with Crippen LogP contribution in [0, 0.1) is 13.8 Å². The SMILES string of the molecule is Cc1ccc(C(=O)c2oc3ccc(OCc4ccccc4)cc3c2C)cc1. The molecule has 134 valence electrons. The summed E-state index contributed by atoms with van der Waals surface area (Å²) in [6.45, 7) is 4.41. The summed E-state index contributed by atoms with van der Waals surface area (Å²) < 4.78 is 11.8. The molecule has 27 heavy (non-hydrogen) atoms. The van der Waals surface area contributed by atoms with E-state index in [0.717, 1.165) is 27.8 Å². The van der Waals surface area contributed by atoms with Crippen molar-refractivity contribution in [2.75, 3.05) is 0 Å². The molecule has 3 heteroatoms. The molecule has 0 saturated heterocycles. The maximum atomic E-state index is 12.8. The van der Waals surface area contributed by atoms with Crippen molar-refractivity contribution in [3.8, 4) is 5.75 Å². The molecule has 0 bridgehead atoms. The monoisotopic (exact) mass is 356 g/mol. The van der Waals surface area contributed by atoms with Crippen LogP contribution in [0.2, 0.25) is 0 Å². The summed E-state index contributed by atoms with van der Waals surface area (Å²) in [7, 11) is 0. The van der Waals surface area contributed by atoms with Crippen LogP contribution >= 0.6 is 0 Å². The molecule has 0 fully saturated rings. The molecule has 0 N–H and O–H groups in total. The molecule has 4 aromatic rings. The number of aryl methyl sites for hydroxylation is 2. The lowest BCUT2D eigenvalue weighted by atomic mass is 10.0. The van der Waals surface area contributed by atoms with Gasteiger partial charge >= 0.3 is 0 Å². The minimum atomic E-state index is -0.101. The maximum Gasteiger partial charge on any atom is 0.228 e. The van der Waals surface area contributed by atoms with Crippen LogP contribution in [0.15, 0.2) is 77.2 Å². The van der Waals surface area contributed by atoms with Gasteiger partial charge in [-0.1, -0.05) is 60.2 Å². The highest BCUT2D eigenvalue weighted by Gasteiger charge is 2.19. The lowest BCUT2D eigenvalue weighted by molar-refractivity contribution is 0.101. The Balaban J connectivity index is 1.61. The Morgan fingerprint density at radius 2 is 1.67 bits per heavy atom. The van der Waals surface area contributed by atoms with Gasteiger partial charge in [-0.25, -0.2) is 0 Å². The Labute approximate surface area is 158 Å². The van der Waals surface area contributed by atoms with Gasteiger partial charge in [-0.05, 0) is 37.6 Å². The van der Waals surface area contributed by atoms with E-state index in [9.17, 15) is 4.79 Å². The van der Waals surface area contributed by atoms with Crippen LogP contribution in [0.1, 0.15) is 32.8 Å². The first kappa shape index (κ1) is 17.1. The van der Waals surface area contributed by atoms with E-state index in [2.05, 4.69) is 0 Å². The van der Waals surface area contributed by atoms with Gasteiger partial charge in [0.1, 0.15) is 17.9 Å². The molecular weight excluding hydrogens is 336 g/mol. The van der Waals surface area contributed by atoms with E-state index in [1.807, 2.05) is 86.6 Å². The lowest BCUT2D eigenvalue weighted by Crippen LogP contribution is -2.01. The molecule has 0 aliphatic carbocycles. The van der Waals surface area contributed by atoms with Gasteiger partial charge < -0.3 is 9.15 Å². The van der Waals surface area contributed by atoms with Gasteiger partial charge in [0.25, 0.3) is 0 Å². The van der Waals surface area contributed by atoms with Gasteiger partial charge in [0.2, 0.25) is 5.78 Å². The Morgan fingerprint density at radius 3 is 2.41 bits per heavy atom. The standard InChI is InChI=1S/C24H20O3/c1-16-8-10-19(11-9-16)23(25)24-17(2)21-14-20(12-13-22(21)27-24)26-15-18-6-4-3-5-7-18/h3-14H,15H2,1-2H3. The fourth-order valence-electron chi connectivity index (χ4n) is 3.08. The molecule has 0 aliphatic heterocycles. The van der Waals surface area contributed by atoms with Crippen LogP contribution in [0.4, 0.5) is 0 Å². The van der Waals surface area contributed by atoms with Crippen molar-refractivity contribution in [1.29, 1.82) is 0 Å². The molecule has 0 saturated carbocycles. The number of hydrogen-bond donors (Lipinski definition) is 0. The molecule has 0 spiro atoms. The molecule has 3 nitrogen and oxygen atoms in total. The molecule has 0 unspecified atom stereocenters.